The highest BCUT2D eigenvalue weighted by atomic mass is 16.6. The number of hydrogen-bond donors (Lipinski definition) is 2. The highest BCUT2D eigenvalue weighted by Crippen LogP contribution is 2.30. The average molecular weight is 259 g/mol. The summed E-state index contributed by atoms with van der Waals surface area (Å²) in [5.74, 6) is 1.64. The zero-order valence-corrected chi connectivity index (χ0v) is 10.8. The number of fused-ring (bicyclic) bond motifs is 1. The maximum absolute atomic E-state index is 5.87. The Morgan fingerprint density at radius 2 is 2.21 bits per heavy atom. The zero-order chi connectivity index (χ0) is 13.1. The van der Waals surface area contributed by atoms with Crippen molar-refractivity contribution < 1.29 is 9.47 Å². The monoisotopic (exact) mass is 259 g/mol. The fourth-order valence-electron chi connectivity index (χ4n) is 2.09. The van der Waals surface area contributed by atoms with Crippen molar-refractivity contribution in [2.24, 2.45) is 0 Å². The standard InChI is InChI=1S/C14H17N3O2/c1-10-11(7-16-17-10)6-15-8-12-9-18-13-4-2-3-5-14(13)19-12/h2-5,7,12,15H,6,8-9H2,1H3,(H,16,17). The van der Waals surface area contributed by atoms with Crippen LogP contribution in [-0.4, -0.2) is 29.5 Å². The van der Waals surface area contributed by atoms with E-state index in [1.807, 2.05) is 37.4 Å². The van der Waals surface area contributed by atoms with E-state index in [-0.39, 0.29) is 6.10 Å². The number of nitrogens with one attached hydrogen (secondary N) is 2. The smallest absolute Gasteiger partial charge is 0.161 e. The molecule has 0 fully saturated rings. The first-order valence-electron chi connectivity index (χ1n) is 6.41. The molecule has 0 radical (unpaired) electrons. The van der Waals surface area contributed by atoms with Gasteiger partial charge < -0.3 is 14.8 Å². The molecule has 19 heavy (non-hydrogen) atoms. The van der Waals surface area contributed by atoms with Crippen LogP contribution in [-0.2, 0) is 6.54 Å². The minimum atomic E-state index is 0.0436. The fraction of sp³-hybridized carbons (Fsp3) is 0.357. The lowest BCUT2D eigenvalue weighted by Crippen LogP contribution is -2.38. The van der Waals surface area contributed by atoms with Gasteiger partial charge in [-0.3, -0.25) is 5.10 Å². The Hall–Kier alpha value is -2.01. The predicted octanol–water partition coefficient (Wildman–Crippen LogP) is 1.65. The van der Waals surface area contributed by atoms with Crippen LogP contribution in [0.25, 0.3) is 0 Å². The number of nitrogens with zero attached hydrogens (tertiary/aromatic N) is 1. The minimum Gasteiger partial charge on any atom is -0.486 e. The molecule has 1 aliphatic heterocycles. The van der Waals surface area contributed by atoms with Crippen molar-refractivity contribution in [1.29, 1.82) is 0 Å². The van der Waals surface area contributed by atoms with Crippen molar-refractivity contribution in [3.05, 3.63) is 41.7 Å². The summed E-state index contributed by atoms with van der Waals surface area (Å²) in [6.07, 6.45) is 1.89. The van der Waals surface area contributed by atoms with Crippen molar-refractivity contribution in [1.82, 2.24) is 15.5 Å². The fourth-order valence-corrected chi connectivity index (χ4v) is 2.09. The van der Waals surface area contributed by atoms with Crippen LogP contribution in [0.5, 0.6) is 11.5 Å². The van der Waals surface area contributed by atoms with E-state index in [0.717, 1.165) is 30.3 Å². The van der Waals surface area contributed by atoms with Gasteiger partial charge in [-0.2, -0.15) is 5.10 Å². The Morgan fingerprint density at radius 1 is 1.37 bits per heavy atom. The first-order valence-corrected chi connectivity index (χ1v) is 6.41. The molecule has 5 nitrogen and oxygen atoms in total. The molecule has 0 aliphatic carbocycles. The third-order valence-corrected chi connectivity index (χ3v) is 3.19. The molecule has 2 aromatic rings. The molecule has 3 rings (SSSR count). The van der Waals surface area contributed by atoms with E-state index in [4.69, 9.17) is 9.47 Å². The first kappa shape index (κ1) is 12.0. The van der Waals surface area contributed by atoms with Crippen LogP contribution < -0.4 is 14.8 Å². The van der Waals surface area contributed by atoms with E-state index in [2.05, 4.69) is 15.5 Å². The lowest BCUT2D eigenvalue weighted by Gasteiger charge is -2.26. The van der Waals surface area contributed by atoms with Crippen LogP contribution >= 0.6 is 0 Å². The first-order chi connectivity index (χ1) is 9.33. The van der Waals surface area contributed by atoms with Gasteiger partial charge in [0.1, 0.15) is 12.7 Å². The molecule has 1 aromatic carbocycles. The van der Waals surface area contributed by atoms with Crippen molar-refractivity contribution in [2.45, 2.75) is 19.6 Å². The number of rotatable bonds is 4. The second-order valence-corrected chi connectivity index (χ2v) is 4.65. The maximum Gasteiger partial charge on any atom is 0.161 e. The summed E-state index contributed by atoms with van der Waals surface area (Å²) < 4.78 is 11.5. The van der Waals surface area contributed by atoms with Crippen molar-refractivity contribution in [3.8, 4) is 11.5 Å². The summed E-state index contributed by atoms with van der Waals surface area (Å²) in [4.78, 5) is 0. The normalized spacial score (nSPS) is 17.4. The number of para-hydroxylation sites is 2. The number of hydrogen-bond acceptors (Lipinski definition) is 4. The van der Waals surface area contributed by atoms with E-state index in [1.165, 1.54) is 5.56 Å². The largest absolute Gasteiger partial charge is 0.486 e. The number of aromatic amines is 1. The Balaban J connectivity index is 1.51. The maximum atomic E-state index is 5.87. The Bertz CT molecular complexity index is 553. The van der Waals surface area contributed by atoms with Gasteiger partial charge in [0, 0.05) is 24.3 Å². The molecule has 1 aliphatic rings. The van der Waals surface area contributed by atoms with Gasteiger partial charge in [-0.15, -0.1) is 0 Å². The molecule has 2 N–H and O–H groups in total. The van der Waals surface area contributed by atoms with Gasteiger partial charge in [-0.25, -0.2) is 0 Å². The van der Waals surface area contributed by atoms with Crippen LogP contribution in [0.2, 0.25) is 0 Å². The number of ether oxygens (including phenoxy) is 2. The molecule has 1 aromatic heterocycles. The SMILES string of the molecule is Cc1[nH]ncc1CNCC1COc2ccccc2O1. The molecule has 1 unspecified atom stereocenters. The predicted molar refractivity (Wildman–Crippen MR) is 71.4 cm³/mol. The van der Waals surface area contributed by atoms with Gasteiger partial charge in [-0.05, 0) is 19.1 Å². The van der Waals surface area contributed by atoms with Crippen molar-refractivity contribution in [2.75, 3.05) is 13.2 Å². The van der Waals surface area contributed by atoms with Gasteiger partial charge in [-0.1, -0.05) is 12.1 Å². The summed E-state index contributed by atoms with van der Waals surface area (Å²) in [6, 6.07) is 7.75. The van der Waals surface area contributed by atoms with Crippen molar-refractivity contribution >= 4 is 0 Å². The lowest BCUT2D eigenvalue weighted by molar-refractivity contribution is 0.0902. The highest BCUT2D eigenvalue weighted by Gasteiger charge is 2.19. The summed E-state index contributed by atoms with van der Waals surface area (Å²) in [6.45, 7) is 4.12. The van der Waals surface area contributed by atoms with Gasteiger partial charge in [0.25, 0.3) is 0 Å². The van der Waals surface area contributed by atoms with Gasteiger partial charge >= 0.3 is 0 Å². The second kappa shape index (κ2) is 5.32. The number of aromatic nitrogens is 2. The summed E-state index contributed by atoms with van der Waals surface area (Å²) in [5, 5.41) is 10.3. The number of benzene rings is 1. The van der Waals surface area contributed by atoms with Gasteiger partial charge in [0.15, 0.2) is 11.5 Å². The van der Waals surface area contributed by atoms with Crippen LogP contribution in [0, 0.1) is 6.92 Å². The zero-order valence-electron chi connectivity index (χ0n) is 10.8. The van der Waals surface area contributed by atoms with Crippen LogP contribution in [0.1, 0.15) is 11.3 Å². The van der Waals surface area contributed by atoms with Gasteiger partial charge in [0.05, 0.1) is 6.20 Å². The number of H-pyrrole nitrogens is 1. The Labute approximate surface area is 111 Å². The third kappa shape index (κ3) is 2.71. The molecule has 100 valence electrons. The molecular weight excluding hydrogens is 242 g/mol. The molecule has 0 bridgehead atoms. The molecule has 0 saturated carbocycles. The highest BCUT2D eigenvalue weighted by molar-refractivity contribution is 5.40. The molecule has 0 amide bonds. The second-order valence-electron chi connectivity index (χ2n) is 4.65. The topological polar surface area (TPSA) is 59.2 Å². The molecule has 2 heterocycles. The van der Waals surface area contributed by atoms with Crippen molar-refractivity contribution in [3.63, 3.8) is 0 Å². The summed E-state index contributed by atoms with van der Waals surface area (Å²) >= 11 is 0. The van der Waals surface area contributed by atoms with E-state index < -0.39 is 0 Å². The van der Waals surface area contributed by atoms with E-state index in [9.17, 15) is 0 Å². The van der Waals surface area contributed by atoms with Crippen LogP contribution in [0.15, 0.2) is 30.5 Å². The van der Waals surface area contributed by atoms with E-state index in [0.29, 0.717) is 6.61 Å². The summed E-state index contributed by atoms with van der Waals surface area (Å²) in [7, 11) is 0. The quantitative estimate of drug-likeness (QED) is 0.876. The number of aryl methyl sites for hydroxylation is 1. The Kier molecular flexibility index (Phi) is 3.37. The molecule has 0 spiro atoms. The summed E-state index contributed by atoms with van der Waals surface area (Å²) in [5.41, 5.74) is 2.27. The molecule has 5 heteroatoms. The van der Waals surface area contributed by atoms with E-state index >= 15 is 0 Å². The molecule has 0 saturated heterocycles. The molecule has 1 atom stereocenters. The van der Waals surface area contributed by atoms with E-state index in [1.54, 1.807) is 0 Å². The van der Waals surface area contributed by atoms with Gasteiger partial charge in [0.2, 0.25) is 0 Å². The third-order valence-electron chi connectivity index (χ3n) is 3.19. The Morgan fingerprint density at radius 3 is 3.00 bits per heavy atom. The lowest BCUT2D eigenvalue weighted by atomic mass is 10.2. The van der Waals surface area contributed by atoms with Crippen LogP contribution in [0.4, 0.5) is 0 Å². The molecular formula is C14H17N3O2. The average Bonchev–Trinajstić information content (AvgIpc) is 2.84. The minimum absolute atomic E-state index is 0.0436. The van der Waals surface area contributed by atoms with Crippen LogP contribution in [0.3, 0.4) is 0 Å².